The van der Waals surface area contributed by atoms with Crippen LogP contribution in [0.15, 0.2) is 53.4 Å². The number of methoxy groups -OCH3 is 1. The molecule has 1 fully saturated rings. The van der Waals surface area contributed by atoms with Gasteiger partial charge in [-0.15, -0.1) is 0 Å². The summed E-state index contributed by atoms with van der Waals surface area (Å²) in [7, 11) is -2.44. The van der Waals surface area contributed by atoms with Crippen LogP contribution in [0.3, 0.4) is 0 Å². The maximum Gasteiger partial charge on any atom is 0.251 e. The van der Waals surface area contributed by atoms with Gasteiger partial charge in [-0.25, -0.2) is 8.42 Å². The molecule has 9 nitrogen and oxygen atoms in total. The molecule has 1 aliphatic rings. The minimum atomic E-state index is -3.82. The molecule has 160 valence electrons. The van der Waals surface area contributed by atoms with Crippen molar-refractivity contribution in [2.45, 2.75) is 4.90 Å². The van der Waals surface area contributed by atoms with E-state index in [0.717, 1.165) is 0 Å². The van der Waals surface area contributed by atoms with Crippen LogP contribution < -0.4 is 15.4 Å². The van der Waals surface area contributed by atoms with Gasteiger partial charge in [0.2, 0.25) is 15.9 Å². The number of ether oxygens (including phenoxy) is 2. The first kappa shape index (κ1) is 21.8. The predicted octanol–water partition coefficient (Wildman–Crippen LogP) is 1.08. The Hall–Kier alpha value is -2.95. The van der Waals surface area contributed by atoms with Crippen LogP contribution in [0.2, 0.25) is 0 Å². The average Bonchev–Trinajstić information content (AvgIpc) is 2.78. The van der Waals surface area contributed by atoms with Gasteiger partial charge in [-0.2, -0.15) is 4.31 Å². The molecule has 0 aromatic heterocycles. The number of hydrogen-bond donors (Lipinski definition) is 2. The number of hydrogen-bond acceptors (Lipinski definition) is 6. The third-order valence-corrected chi connectivity index (χ3v) is 6.40. The average molecular weight is 433 g/mol. The molecule has 2 aromatic rings. The van der Waals surface area contributed by atoms with Gasteiger partial charge in [-0.1, -0.05) is 18.2 Å². The molecular weight excluding hydrogens is 410 g/mol. The number of sulfonamides is 1. The van der Waals surface area contributed by atoms with E-state index in [4.69, 9.17) is 9.47 Å². The number of carbonyl (C=O) groups is 2. The number of anilines is 1. The summed E-state index contributed by atoms with van der Waals surface area (Å²) < 4.78 is 37.7. The molecule has 0 spiro atoms. The zero-order valence-electron chi connectivity index (χ0n) is 16.5. The lowest BCUT2D eigenvalue weighted by Crippen LogP contribution is -2.40. The Morgan fingerprint density at radius 1 is 1.10 bits per heavy atom. The van der Waals surface area contributed by atoms with E-state index in [2.05, 4.69) is 10.6 Å². The monoisotopic (exact) mass is 433 g/mol. The van der Waals surface area contributed by atoms with Crippen LogP contribution in [0.25, 0.3) is 0 Å². The number of benzene rings is 2. The zero-order valence-corrected chi connectivity index (χ0v) is 17.3. The molecule has 1 heterocycles. The van der Waals surface area contributed by atoms with E-state index in [-0.39, 0.29) is 41.9 Å². The van der Waals surface area contributed by atoms with Gasteiger partial charge >= 0.3 is 0 Å². The summed E-state index contributed by atoms with van der Waals surface area (Å²) in [6.45, 7) is 0.866. The number of rotatable bonds is 7. The first-order chi connectivity index (χ1) is 14.4. The summed E-state index contributed by atoms with van der Waals surface area (Å²) >= 11 is 0. The minimum Gasteiger partial charge on any atom is -0.495 e. The quantitative estimate of drug-likeness (QED) is 0.676. The van der Waals surface area contributed by atoms with Crippen molar-refractivity contribution >= 4 is 27.5 Å². The molecule has 0 aliphatic carbocycles. The lowest BCUT2D eigenvalue weighted by molar-refractivity contribution is -0.115. The van der Waals surface area contributed by atoms with Gasteiger partial charge in [0.1, 0.15) is 10.6 Å². The smallest absolute Gasteiger partial charge is 0.251 e. The molecule has 2 amide bonds. The fourth-order valence-electron chi connectivity index (χ4n) is 2.94. The summed E-state index contributed by atoms with van der Waals surface area (Å²) in [5.41, 5.74) is 0.718. The van der Waals surface area contributed by atoms with Crippen molar-refractivity contribution < 1.29 is 27.5 Å². The molecule has 0 atom stereocenters. The second-order valence-electron chi connectivity index (χ2n) is 6.48. The number of morpholine rings is 1. The van der Waals surface area contributed by atoms with Gasteiger partial charge in [0.05, 0.1) is 26.9 Å². The zero-order chi connectivity index (χ0) is 21.6. The van der Waals surface area contributed by atoms with E-state index >= 15 is 0 Å². The Morgan fingerprint density at radius 3 is 2.47 bits per heavy atom. The summed E-state index contributed by atoms with van der Waals surface area (Å²) in [4.78, 5) is 24.2. The van der Waals surface area contributed by atoms with E-state index in [9.17, 15) is 18.0 Å². The maximum atomic E-state index is 13.0. The van der Waals surface area contributed by atoms with Crippen LogP contribution in [0.5, 0.6) is 5.75 Å². The maximum absolute atomic E-state index is 13.0. The minimum absolute atomic E-state index is 0.0435. The molecule has 0 unspecified atom stereocenters. The summed E-state index contributed by atoms with van der Waals surface area (Å²) in [5.74, 6) is -0.688. The molecular formula is C20H23N3O6S. The highest BCUT2D eigenvalue weighted by Gasteiger charge is 2.29. The second kappa shape index (κ2) is 9.70. The van der Waals surface area contributed by atoms with Crippen molar-refractivity contribution in [1.29, 1.82) is 0 Å². The number of nitrogens with zero attached hydrogens (tertiary/aromatic N) is 1. The van der Waals surface area contributed by atoms with E-state index in [1.807, 2.05) is 0 Å². The third kappa shape index (κ3) is 5.15. The van der Waals surface area contributed by atoms with Crippen LogP contribution in [-0.4, -0.2) is 64.5 Å². The highest BCUT2D eigenvalue weighted by Crippen LogP contribution is 2.30. The van der Waals surface area contributed by atoms with Gasteiger partial charge in [0.25, 0.3) is 5.91 Å². The Labute approximate surface area is 175 Å². The van der Waals surface area contributed by atoms with Crippen LogP contribution in [0.1, 0.15) is 10.4 Å². The van der Waals surface area contributed by atoms with Crippen molar-refractivity contribution in [2.75, 3.05) is 45.3 Å². The first-order valence-corrected chi connectivity index (χ1v) is 10.7. The van der Waals surface area contributed by atoms with E-state index in [1.165, 1.54) is 29.6 Å². The molecule has 2 N–H and O–H groups in total. The Morgan fingerprint density at radius 2 is 1.80 bits per heavy atom. The molecule has 1 aliphatic heterocycles. The topological polar surface area (TPSA) is 114 Å². The first-order valence-electron chi connectivity index (χ1n) is 9.31. The fourth-order valence-corrected chi connectivity index (χ4v) is 4.53. The summed E-state index contributed by atoms with van der Waals surface area (Å²) in [6.07, 6.45) is 0. The molecule has 0 saturated carbocycles. The number of amides is 2. The van der Waals surface area contributed by atoms with Gasteiger partial charge < -0.3 is 20.1 Å². The van der Waals surface area contributed by atoms with Gasteiger partial charge in [-0.3, -0.25) is 9.59 Å². The van der Waals surface area contributed by atoms with Crippen molar-refractivity contribution in [2.24, 2.45) is 0 Å². The largest absolute Gasteiger partial charge is 0.495 e. The standard InChI is InChI=1S/C20H23N3O6S/c1-28-17-8-7-16(13-18(17)30(26,27)23-9-11-29-12-10-23)22-19(24)14-21-20(25)15-5-3-2-4-6-15/h2-8,13H,9-12,14H2,1H3,(H,21,25)(H,22,24). The van der Waals surface area contributed by atoms with Crippen LogP contribution in [0.4, 0.5) is 5.69 Å². The van der Waals surface area contributed by atoms with Crippen LogP contribution >= 0.6 is 0 Å². The molecule has 1 saturated heterocycles. The third-order valence-electron chi connectivity index (χ3n) is 4.48. The summed E-state index contributed by atoms with van der Waals surface area (Å²) in [5, 5.41) is 5.12. The molecule has 10 heteroatoms. The molecule has 2 aromatic carbocycles. The predicted molar refractivity (Wildman–Crippen MR) is 110 cm³/mol. The SMILES string of the molecule is COc1ccc(NC(=O)CNC(=O)c2ccccc2)cc1S(=O)(=O)N1CCOCC1. The highest BCUT2D eigenvalue weighted by atomic mass is 32.2. The van der Waals surface area contributed by atoms with Crippen LogP contribution in [0, 0.1) is 0 Å². The van der Waals surface area contributed by atoms with Crippen molar-refractivity contribution in [3.8, 4) is 5.75 Å². The lowest BCUT2D eigenvalue weighted by atomic mass is 10.2. The van der Waals surface area contributed by atoms with Crippen LogP contribution in [-0.2, 0) is 19.6 Å². The number of carbonyl (C=O) groups excluding carboxylic acids is 2. The Kier molecular flexibility index (Phi) is 7.03. The van der Waals surface area contributed by atoms with E-state index in [0.29, 0.717) is 18.8 Å². The highest BCUT2D eigenvalue weighted by molar-refractivity contribution is 7.89. The molecule has 30 heavy (non-hydrogen) atoms. The van der Waals surface area contributed by atoms with Crippen molar-refractivity contribution in [3.05, 3.63) is 54.1 Å². The van der Waals surface area contributed by atoms with Crippen molar-refractivity contribution in [1.82, 2.24) is 9.62 Å². The lowest BCUT2D eigenvalue weighted by Gasteiger charge is -2.26. The molecule has 0 radical (unpaired) electrons. The molecule has 3 rings (SSSR count). The number of nitrogens with one attached hydrogen (secondary N) is 2. The normalized spacial score (nSPS) is 14.7. The Bertz CT molecular complexity index is 1000. The van der Waals surface area contributed by atoms with Gasteiger partial charge in [-0.05, 0) is 30.3 Å². The van der Waals surface area contributed by atoms with Gasteiger partial charge in [0.15, 0.2) is 0 Å². The van der Waals surface area contributed by atoms with E-state index in [1.54, 1.807) is 30.3 Å². The van der Waals surface area contributed by atoms with Gasteiger partial charge in [0, 0.05) is 24.3 Å². The Balaban J connectivity index is 1.70. The summed E-state index contributed by atoms with van der Waals surface area (Å²) in [6, 6.07) is 12.9. The molecule has 0 bridgehead atoms. The van der Waals surface area contributed by atoms with Crippen molar-refractivity contribution in [3.63, 3.8) is 0 Å². The fraction of sp³-hybridized carbons (Fsp3) is 0.300. The van der Waals surface area contributed by atoms with E-state index < -0.39 is 15.9 Å². The second-order valence-corrected chi connectivity index (χ2v) is 8.39.